The van der Waals surface area contributed by atoms with Gasteiger partial charge in [0.15, 0.2) is 5.17 Å². The molecule has 0 atom stereocenters. The van der Waals surface area contributed by atoms with Crippen LogP contribution in [0.25, 0.3) is 6.08 Å². The molecule has 0 saturated carbocycles. The number of rotatable bonds is 3. The molecule has 1 aliphatic heterocycles. The van der Waals surface area contributed by atoms with Crippen molar-refractivity contribution < 1.29 is 22.4 Å². The number of benzene rings is 1. The second-order valence-corrected chi connectivity index (χ2v) is 7.51. The lowest BCUT2D eigenvalue weighted by Gasteiger charge is -2.29. The van der Waals surface area contributed by atoms with Gasteiger partial charge in [-0.15, -0.1) is 0 Å². The van der Waals surface area contributed by atoms with Crippen molar-refractivity contribution in [3.05, 3.63) is 60.1 Å². The quantitative estimate of drug-likeness (QED) is 0.659. The number of amides is 1. The molecule has 142 valence electrons. The number of hydrogen-bond donors (Lipinski definition) is 0. The van der Waals surface area contributed by atoms with Crippen LogP contribution in [0.4, 0.5) is 18.9 Å². The molecular formula is C19H17F3N2O2S. The Morgan fingerprint density at radius 2 is 2.07 bits per heavy atom. The first-order valence-corrected chi connectivity index (χ1v) is 9.10. The number of halogens is 3. The van der Waals surface area contributed by atoms with E-state index in [0.29, 0.717) is 16.7 Å². The van der Waals surface area contributed by atoms with Crippen LogP contribution >= 0.6 is 11.8 Å². The molecule has 1 saturated heterocycles. The van der Waals surface area contributed by atoms with Gasteiger partial charge in [-0.3, -0.25) is 9.69 Å². The zero-order valence-electron chi connectivity index (χ0n) is 14.7. The highest BCUT2D eigenvalue weighted by Crippen LogP contribution is 2.36. The molecule has 1 aromatic carbocycles. The lowest BCUT2D eigenvalue weighted by atomic mass is 10.1. The fourth-order valence-electron chi connectivity index (χ4n) is 2.58. The van der Waals surface area contributed by atoms with Crippen LogP contribution in [-0.2, 0) is 11.0 Å². The number of amidine groups is 1. The molecule has 1 fully saturated rings. The Morgan fingerprint density at radius 1 is 1.30 bits per heavy atom. The van der Waals surface area contributed by atoms with Gasteiger partial charge in [0.25, 0.3) is 5.91 Å². The van der Waals surface area contributed by atoms with Gasteiger partial charge in [0, 0.05) is 11.8 Å². The molecule has 1 aromatic heterocycles. The molecule has 1 amide bonds. The van der Waals surface area contributed by atoms with Gasteiger partial charge in [0.1, 0.15) is 5.76 Å². The van der Waals surface area contributed by atoms with Crippen LogP contribution in [0.2, 0.25) is 0 Å². The normalized spacial score (nSPS) is 18.6. The van der Waals surface area contributed by atoms with Crippen LogP contribution in [0.15, 0.2) is 58.1 Å². The maximum atomic E-state index is 12.9. The van der Waals surface area contributed by atoms with Crippen molar-refractivity contribution in [1.29, 1.82) is 0 Å². The summed E-state index contributed by atoms with van der Waals surface area (Å²) in [5.74, 6) is 0.807. The summed E-state index contributed by atoms with van der Waals surface area (Å²) < 4.78 is 43.9. The maximum Gasteiger partial charge on any atom is 0.416 e. The largest absolute Gasteiger partial charge is 0.465 e. The number of hydrogen-bond acceptors (Lipinski definition) is 4. The van der Waals surface area contributed by atoms with Gasteiger partial charge >= 0.3 is 6.18 Å². The fourth-order valence-corrected chi connectivity index (χ4v) is 3.83. The maximum absolute atomic E-state index is 12.9. The van der Waals surface area contributed by atoms with Gasteiger partial charge in [0.05, 0.1) is 23.1 Å². The first-order chi connectivity index (χ1) is 12.7. The molecule has 0 bridgehead atoms. The van der Waals surface area contributed by atoms with E-state index in [1.807, 2.05) is 13.8 Å². The summed E-state index contributed by atoms with van der Waals surface area (Å²) in [6.45, 7) is 3.76. The Labute approximate surface area is 158 Å². The number of aliphatic imine (C=N–C) groups is 1. The average molecular weight is 394 g/mol. The Bertz CT molecular complexity index is 887. The highest BCUT2D eigenvalue weighted by atomic mass is 32.2. The number of carbonyl (C=O) groups is 1. The molecule has 0 N–H and O–H groups in total. The first-order valence-electron chi connectivity index (χ1n) is 8.11. The van der Waals surface area contributed by atoms with Gasteiger partial charge in [-0.25, -0.2) is 4.99 Å². The standard InChI is InChI=1S/C19H17F3N2O2S/c1-18(2)12-27-17(23-14-6-3-5-13(11-14)19(20,21)22)24(18)16(25)9-8-15-7-4-10-26-15/h3-11H,12H2,1-2H3. The molecule has 2 heterocycles. The van der Waals surface area contributed by atoms with Gasteiger partial charge in [-0.05, 0) is 50.3 Å². The predicted octanol–water partition coefficient (Wildman–Crippen LogP) is 5.35. The second kappa shape index (κ2) is 7.26. The van der Waals surface area contributed by atoms with Crippen molar-refractivity contribution in [3.63, 3.8) is 0 Å². The predicted molar refractivity (Wildman–Crippen MR) is 99.7 cm³/mol. The zero-order valence-corrected chi connectivity index (χ0v) is 15.5. The van der Waals surface area contributed by atoms with Crippen molar-refractivity contribution >= 4 is 34.6 Å². The van der Waals surface area contributed by atoms with E-state index in [2.05, 4.69) is 4.99 Å². The molecule has 0 spiro atoms. The summed E-state index contributed by atoms with van der Waals surface area (Å²) in [6.07, 6.45) is -0.0305. The Kier molecular flexibility index (Phi) is 5.19. The zero-order chi connectivity index (χ0) is 19.7. The molecule has 1 aliphatic rings. The Hall–Kier alpha value is -2.48. The van der Waals surface area contributed by atoms with E-state index in [4.69, 9.17) is 4.42 Å². The lowest BCUT2D eigenvalue weighted by Crippen LogP contribution is -2.45. The van der Waals surface area contributed by atoms with Crippen molar-refractivity contribution in [2.75, 3.05) is 5.75 Å². The Morgan fingerprint density at radius 3 is 2.74 bits per heavy atom. The summed E-state index contributed by atoms with van der Waals surface area (Å²) in [6, 6.07) is 8.17. The smallest absolute Gasteiger partial charge is 0.416 e. The second-order valence-electron chi connectivity index (χ2n) is 6.57. The third-order valence-corrected chi connectivity index (χ3v) is 5.29. The molecular weight excluding hydrogens is 377 g/mol. The molecule has 0 radical (unpaired) electrons. The molecule has 8 heteroatoms. The molecule has 4 nitrogen and oxygen atoms in total. The minimum absolute atomic E-state index is 0.151. The molecule has 0 unspecified atom stereocenters. The molecule has 0 aliphatic carbocycles. The molecule has 2 aromatic rings. The number of thioether (sulfide) groups is 1. The van der Waals surface area contributed by atoms with E-state index in [0.717, 1.165) is 12.1 Å². The van der Waals surface area contributed by atoms with E-state index < -0.39 is 17.3 Å². The fraction of sp³-hybridized carbons (Fsp3) is 0.263. The van der Waals surface area contributed by atoms with Crippen molar-refractivity contribution in [1.82, 2.24) is 4.90 Å². The number of furan rings is 1. The first kappa shape index (κ1) is 19.3. The van der Waals surface area contributed by atoms with Gasteiger partial charge < -0.3 is 4.42 Å². The van der Waals surface area contributed by atoms with E-state index in [1.165, 1.54) is 41.1 Å². The topological polar surface area (TPSA) is 45.8 Å². The minimum atomic E-state index is -4.44. The third-order valence-electron chi connectivity index (χ3n) is 3.90. The van der Waals surface area contributed by atoms with Crippen LogP contribution in [0.5, 0.6) is 0 Å². The lowest BCUT2D eigenvalue weighted by molar-refractivity contribution is -0.137. The molecule has 27 heavy (non-hydrogen) atoms. The SMILES string of the molecule is CC1(C)CSC(=Nc2cccc(C(F)(F)F)c2)N1C(=O)C=Cc1ccco1. The van der Waals surface area contributed by atoms with Crippen LogP contribution in [0.1, 0.15) is 25.2 Å². The van der Waals surface area contributed by atoms with Crippen LogP contribution < -0.4 is 0 Å². The average Bonchev–Trinajstić information content (AvgIpc) is 3.20. The van der Waals surface area contributed by atoms with E-state index in [1.54, 1.807) is 18.2 Å². The summed E-state index contributed by atoms with van der Waals surface area (Å²) in [7, 11) is 0. The monoisotopic (exact) mass is 394 g/mol. The van der Waals surface area contributed by atoms with Gasteiger partial charge in [-0.1, -0.05) is 17.8 Å². The summed E-state index contributed by atoms with van der Waals surface area (Å²) in [5, 5.41) is 0.369. The number of nitrogens with zero attached hydrogens (tertiary/aromatic N) is 2. The third kappa shape index (κ3) is 4.44. The van der Waals surface area contributed by atoms with Crippen molar-refractivity contribution in [2.45, 2.75) is 25.6 Å². The summed E-state index contributed by atoms with van der Waals surface area (Å²) >= 11 is 1.33. The van der Waals surface area contributed by atoms with Gasteiger partial charge in [0.2, 0.25) is 0 Å². The van der Waals surface area contributed by atoms with Crippen molar-refractivity contribution in [3.8, 4) is 0 Å². The highest BCUT2D eigenvalue weighted by molar-refractivity contribution is 8.14. The van der Waals surface area contributed by atoms with E-state index >= 15 is 0 Å². The van der Waals surface area contributed by atoms with Gasteiger partial charge in [-0.2, -0.15) is 13.2 Å². The summed E-state index contributed by atoms with van der Waals surface area (Å²) in [4.78, 5) is 18.5. The molecule has 3 rings (SSSR count). The highest BCUT2D eigenvalue weighted by Gasteiger charge is 2.40. The van der Waals surface area contributed by atoms with E-state index in [9.17, 15) is 18.0 Å². The number of carbonyl (C=O) groups excluding carboxylic acids is 1. The Balaban J connectivity index is 1.90. The number of alkyl halides is 3. The van der Waals surface area contributed by atoms with Crippen LogP contribution in [-0.4, -0.2) is 27.3 Å². The van der Waals surface area contributed by atoms with Crippen molar-refractivity contribution in [2.24, 2.45) is 4.99 Å². The van der Waals surface area contributed by atoms with Crippen LogP contribution in [0.3, 0.4) is 0 Å². The van der Waals surface area contributed by atoms with Crippen LogP contribution in [0, 0.1) is 0 Å². The summed E-state index contributed by atoms with van der Waals surface area (Å²) in [5.41, 5.74) is -1.14. The minimum Gasteiger partial charge on any atom is -0.465 e. The van der Waals surface area contributed by atoms with E-state index in [-0.39, 0.29) is 11.6 Å².